The first kappa shape index (κ1) is 21.4. The molecule has 1 aromatic rings. The molecule has 0 heterocycles. The molecule has 1 aromatic carbocycles. The molecule has 0 radical (unpaired) electrons. The highest BCUT2D eigenvalue weighted by atomic mass is 32.2. The Kier molecular flexibility index (Phi) is 7.38. The van der Waals surface area contributed by atoms with Gasteiger partial charge in [-0.05, 0) is 57.0 Å². The Morgan fingerprint density at radius 2 is 1.78 bits per heavy atom. The molecule has 0 bridgehead atoms. The van der Waals surface area contributed by atoms with Crippen molar-refractivity contribution in [3.8, 4) is 0 Å². The Balaban J connectivity index is 1.94. The molecular formula is C19H29N3O4S. The van der Waals surface area contributed by atoms with Gasteiger partial charge in [-0.1, -0.05) is 19.3 Å². The van der Waals surface area contributed by atoms with E-state index in [9.17, 15) is 18.0 Å². The van der Waals surface area contributed by atoms with Crippen LogP contribution in [0.25, 0.3) is 0 Å². The third kappa shape index (κ3) is 5.77. The van der Waals surface area contributed by atoms with Crippen LogP contribution in [0.4, 0.5) is 0 Å². The van der Waals surface area contributed by atoms with Crippen LogP contribution < -0.4 is 15.4 Å². The van der Waals surface area contributed by atoms with E-state index in [4.69, 9.17) is 0 Å². The quantitative estimate of drug-likeness (QED) is 0.654. The van der Waals surface area contributed by atoms with Crippen LogP contribution in [-0.4, -0.2) is 39.9 Å². The van der Waals surface area contributed by atoms with Crippen LogP contribution in [-0.2, 0) is 14.8 Å². The minimum absolute atomic E-state index is 0.0688. The Hall–Kier alpha value is -1.93. The second kappa shape index (κ2) is 9.32. The summed E-state index contributed by atoms with van der Waals surface area (Å²) in [7, 11) is -2.32. The third-order valence-corrected chi connectivity index (χ3v) is 6.59. The molecule has 1 saturated carbocycles. The average molecular weight is 396 g/mol. The van der Waals surface area contributed by atoms with Gasteiger partial charge in [-0.15, -0.1) is 0 Å². The Morgan fingerprint density at radius 1 is 1.11 bits per heavy atom. The second-order valence-electron chi connectivity index (χ2n) is 7.03. The van der Waals surface area contributed by atoms with Crippen LogP contribution in [0.3, 0.4) is 0 Å². The second-order valence-corrected chi connectivity index (χ2v) is 8.89. The van der Waals surface area contributed by atoms with Gasteiger partial charge >= 0.3 is 0 Å². The zero-order valence-electron chi connectivity index (χ0n) is 16.2. The topological polar surface area (TPSA) is 104 Å². The summed E-state index contributed by atoms with van der Waals surface area (Å²) >= 11 is 0. The lowest BCUT2D eigenvalue weighted by atomic mass is 9.95. The van der Waals surface area contributed by atoms with Crippen LogP contribution in [0, 0.1) is 13.8 Å². The number of carbonyl (C=O) groups is 2. The minimum Gasteiger partial charge on any atom is -0.353 e. The van der Waals surface area contributed by atoms with E-state index in [0.29, 0.717) is 11.1 Å². The smallest absolute Gasteiger partial charge is 0.251 e. The van der Waals surface area contributed by atoms with E-state index in [2.05, 4.69) is 15.4 Å². The molecule has 3 N–H and O–H groups in total. The van der Waals surface area contributed by atoms with Crippen molar-refractivity contribution < 1.29 is 18.0 Å². The van der Waals surface area contributed by atoms with Crippen molar-refractivity contribution >= 4 is 21.8 Å². The number of amides is 2. The predicted octanol–water partition coefficient (Wildman–Crippen LogP) is 1.78. The van der Waals surface area contributed by atoms with E-state index in [-0.39, 0.29) is 35.4 Å². The zero-order valence-corrected chi connectivity index (χ0v) is 17.0. The molecule has 7 nitrogen and oxygen atoms in total. The standard InChI is InChI=1S/C19H29N3O4S/c1-13-11-15(12-17(14(13)2)27(25,26)20-3)19(24)21-10-9-18(23)22-16-7-5-4-6-8-16/h11-12,16,20H,4-10H2,1-3H3,(H,21,24)(H,22,23). The Bertz CT molecular complexity index is 799. The molecular weight excluding hydrogens is 366 g/mol. The van der Waals surface area contributed by atoms with Gasteiger partial charge in [0.1, 0.15) is 0 Å². The van der Waals surface area contributed by atoms with Crippen LogP contribution in [0.2, 0.25) is 0 Å². The largest absolute Gasteiger partial charge is 0.353 e. The number of rotatable bonds is 7. The fourth-order valence-electron chi connectivity index (χ4n) is 3.29. The average Bonchev–Trinajstić information content (AvgIpc) is 2.64. The molecule has 2 rings (SSSR count). The van der Waals surface area contributed by atoms with E-state index in [1.165, 1.54) is 19.5 Å². The summed E-state index contributed by atoms with van der Waals surface area (Å²) in [6, 6.07) is 3.27. The maximum absolute atomic E-state index is 12.4. The first-order valence-electron chi connectivity index (χ1n) is 9.37. The van der Waals surface area contributed by atoms with Crippen molar-refractivity contribution in [2.45, 2.75) is 63.3 Å². The normalized spacial score (nSPS) is 15.4. The summed E-state index contributed by atoms with van der Waals surface area (Å²) in [5.41, 5.74) is 1.58. The summed E-state index contributed by atoms with van der Waals surface area (Å²) in [4.78, 5) is 24.5. The molecule has 0 atom stereocenters. The van der Waals surface area contributed by atoms with Crippen LogP contribution in [0.1, 0.15) is 60.0 Å². The van der Waals surface area contributed by atoms with Crippen molar-refractivity contribution in [3.05, 3.63) is 28.8 Å². The molecule has 1 aliphatic rings. The van der Waals surface area contributed by atoms with E-state index in [0.717, 1.165) is 25.7 Å². The Morgan fingerprint density at radius 3 is 2.41 bits per heavy atom. The van der Waals surface area contributed by atoms with Gasteiger partial charge in [0.25, 0.3) is 5.91 Å². The molecule has 150 valence electrons. The first-order chi connectivity index (χ1) is 12.7. The van der Waals surface area contributed by atoms with Crippen LogP contribution in [0.15, 0.2) is 17.0 Å². The molecule has 0 unspecified atom stereocenters. The lowest BCUT2D eigenvalue weighted by molar-refractivity contribution is -0.121. The molecule has 0 aliphatic heterocycles. The molecule has 1 aliphatic carbocycles. The van der Waals surface area contributed by atoms with Gasteiger partial charge in [-0.25, -0.2) is 13.1 Å². The van der Waals surface area contributed by atoms with Crippen LogP contribution >= 0.6 is 0 Å². The number of sulfonamides is 1. The van der Waals surface area contributed by atoms with Gasteiger partial charge in [0, 0.05) is 24.6 Å². The summed E-state index contributed by atoms with van der Waals surface area (Å²) in [5, 5.41) is 5.70. The van der Waals surface area contributed by atoms with Crippen LogP contribution in [0.5, 0.6) is 0 Å². The summed E-state index contributed by atoms with van der Waals surface area (Å²) in [5.74, 6) is -0.461. The van der Waals surface area contributed by atoms with E-state index in [1.54, 1.807) is 19.9 Å². The highest BCUT2D eigenvalue weighted by molar-refractivity contribution is 7.89. The molecule has 0 saturated heterocycles. The SMILES string of the molecule is CNS(=O)(=O)c1cc(C(=O)NCCC(=O)NC2CCCCC2)cc(C)c1C. The fourth-order valence-corrected chi connectivity index (χ4v) is 4.35. The lowest BCUT2D eigenvalue weighted by Crippen LogP contribution is -2.38. The summed E-state index contributed by atoms with van der Waals surface area (Å²) in [6.07, 6.45) is 5.75. The van der Waals surface area contributed by atoms with E-state index in [1.807, 2.05) is 0 Å². The predicted molar refractivity (Wildman–Crippen MR) is 104 cm³/mol. The maximum Gasteiger partial charge on any atom is 0.251 e. The maximum atomic E-state index is 12.4. The number of hydrogen-bond acceptors (Lipinski definition) is 4. The number of benzene rings is 1. The van der Waals surface area contributed by atoms with E-state index >= 15 is 0 Å². The molecule has 2 amide bonds. The molecule has 0 spiro atoms. The zero-order chi connectivity index (χ0) is 20.0. The number of carbonyl (C=O) groups excluding carboxylic acids is 2. The molecule has 0 aromatic heterocycles. The number of nitrogens with one attached hydrogen (secondary N) is 3. The van der Waals surface area contributed by atoms with Gasteiger partial charge in [0.15, 0.2) is 0 Å². The lowest BCUT2D eigenvalue weighted by Gasteiger charge is -2.22. The molecule has 27 heavy (non-hydrogen) atoms. The van der Waals surface area contributed by atoms with Gasteiger partial charge in [0.05, 0.1) is 4.90 Å². The number of aryl methyl sites for hydroxylation is 1. The fraction of sp³-hybridized carbons (Fsp3) is 0.579. The minimum atomic E-state index is -3.65. The van der Waals surface area contributed by atoms with Crippen molar-refractivity contribution in [2.75, 3.05) is 13.6 Å². The third-order valence-electron chi connectivity index (χ3n) is 5.05. The van der Waals surface area contributed by atoms with E-state index < -0.39 is 15.9 Å². The number of hydrogen-bond donors (Lipinski definition) is 3. The monoisotopic (exact) mass is 395 g/mol. The van der Waals surface area contributed by atoms with Gasteiger partial charge in [-0.2, -0.15) is 0 Å². The van der Waals surface area contributed by atoms with Crippen molar-refractivity contribution in [1.82, 2.24) is 15.4 Å². The summed E-state index contributed by atoms with van der Waals surface area (Å²) in [6.45, 7) is 3.67. The van der Waals surface area contributed by atoms with Gasteiger partial charge < -0.3 is 10.6 Å². The molecule has 8 heteroatoms. The van der Waals surface area contributed by atoms with Gasteiger partial charge in [-0.3, -0.25) is 9.59 Å². The van der Waals surface area contributed by atoms with Crippen molar-refractivity contribution in [1.29, 1.82) is 0 Å². The van der Waals surface area contributed by atoms with Crippen molar-refractivity contribution in [3.63, 3.8) is 0 Å². The highest BCUT2D eigenvalue weighted by Gasteiger charge is 2.20. The Labute approximate surface area is 161 Å². The van der Waals surface area contributed by atoms with Gasteiger partial charge in [0.2, 0.25) is 15.9 Å². The molecule has 1 fully saturated rings. The first-order valence-corrected chi connectivity index (χ1v) is 10.8. The summed E-state index contributed by atoms with van der Waals surface area (Å²) < 4.78 is 26.6. The van der Waals surface area contributed by atoms with Crippen molar-refractivity contribution in [2.24, 2.45) is 0 Å². The highest BCUT2D eigenvalue weighted by Crippen LogP contribution is 2.21.